The summed E-state index contributed by atoms with van der Waals surface area (Å²) in [5, 5.41) is 10.2. The molecule has 1 aromatic carbocycles. The van der Waals surface area contributed by atoms with Crippen molar-refractivity contribution < 1.29 is 14.3 Å². The standard InChI is InChI=1S/C16H22FNO2/c1-12(11-13-5-7-14(17)8-6-13)15(19)16(20)18-9-3-2-4-10-18/h5-8,12,15,19H,2-4,9-11H2,1H3/t12-,15?/m0/s1. The number of carbonyl (C=O) groups is 1. The van der Waals surface area contributed by atoms with Crippen molar-refractivity contribution in [2.75, 3.05) is 13.1 Å². The average molecular weight is 279 g/mol. The lowest BCUT2D eigenvalue weighted by atomic mass is 9.94. The van der Waals surface area contributed by atoms with E-state index in [0.29, 0.717) is 6.42 Å². The van der Waals surface area contributed by atoms with Gasteiger partial charge in [0.1, 0.15) is 11.9 Å². The Morgan fingerprint density at radius 1 is 1.25 bits per heavy atom. The number of nitrogens with zero attached hydrogens (tertiary/aromatic N) is 1. The molecule has 1 heterocycles. The van der Waals surface area contributed by atoms with Gasteiger partial charge in [-0.1, -0.05) is 19.1 Å². The average Bonchev–Trinajstić information content (AvgIpc) is 2.49. The second-order valence-corrected chi connectivity index (χ2v) is 5.64. The van der Waals surface area contributed by atoms with Gasteiger partial charge in [-0.05, 0) is 49.3 Å². The zero-order valence-corrected chi connectivity index (χ0v) is 11.9. The van der Waals surface area contributed by atoms with E-state index >= 15 is 0 Å². The second kappa shape index (κ2) is 6.84. The van der Waals surface area contributed by atoms with E-state index < -0.39 is 6.10 Å². The maximum absolute atomic E-state index is 12.8. The summed E-state index contributed by atoms with van der Waals surface area (Å²) >= 11 is 0. The van der Waals surface area contributed by atoms with Gasteiger partial charge in [0.25, 0.3) is 5.91 Å². The fraction of sp³-hybridized carbons (Fsp3) is 0.562. The van der Waals surface area contributed by atoms with Crippen LogP contribution in [0.1, 0.15) is 31.7 Å². The Kier molecular flexibility index (Phi) is 5.12. The van der Waals surface area contributed by atoms with E-state index in [1.54, 1.807) is 17.0 Å². The molecule has 20 heavy (non-hydrogen) atoms. The van der Waals surface area contributed by atoms with E-state index in [1.807, 2.05) is 6.92 Å². The van der Waals surface area contributed by atoms with Crippen molar-refractivity contribution in [1.29, 1.82) is 0 Å². The predicted octanol–water partition coefficient (Wildman–Crippen LogP) is 2.38. The minimum absolute atomic E-state index is 0.167. The van der Waals surface area contributed by atoms with Crippen LogP contribution in [-0.4, -0.2) is 35.1 Å². The van der Waals surface area contributed by atoms with Crippen LogP contribution >= 0.6 is 0 Å². The number of rotatable bonds is 4. The number of benzene rings is 1. The Morgan fingerprint density at radius 2 is 1.85 bits per heavy atom. The zero-order valence-electron chi connectivity index (χ0n) is 11.9. The first-order valence-corrected chi connectivity index (χ1v) is 7.29. The Bertz CT molecular complexity index is 440. The third-order valence-corrected chi connectivity index (χ3v) is 3.93. The molecular weight excluding hydrogens is 257 g/mol. The summed E-state index contributed by atoms with van der Waals surface area (Å²) in [4.78, 5) is 14.0. The Labute approximate surface area is 119 Å². The number of piperidine rings is 1. The minimum Gasteiger partial charge on any atom is -0.383 e. The normalized spacial score (nSPS) is 18.6. The van der Waals surface area contributed by atoms with Gasteiger partial charge in [0.05, 0.1) is 0 Å². The summed E-state index contributed by atoms with van der Waals surface area (Å²) in [5.41, 5.74) is 0.935. The molecule has 1 aliphatic rings. The maximum Gasteiger partial charge on any atom is 0.251 e. The van der Waals surface area contributed by atoms with E-state index in [-0.39, 0.29) is 17.6 Å². The molecule has 1 saturated heterocycles. The molecule has 0 aliphatic carbocycles. The minimum atomic E-state index is -0.974. The lowest BCUT2D eigenvalue weighted by molar-refractivity contribution is -0.143. The SMILES string of the molecule is C[C@@H](Cc1ccc(F)cc1)C(O)C(=O)N1CCCCC1. The molecule has 110 valence electrons. The molecule has 1 amide bonds. The van der Waals surface area contributed by atoms with Crippen LogP contribution in [0.4, 0.5) is 4.39 Å². The van der Waals surface area contributed by atoms with Crippen LogP contribution in [0.2, 0.25) is 0 Å². The molecule has 1 aliphatic heterocycles. The van der Waals surface area contributed by atoms with Crippen LogP contribution in [-0.2, 0) is 11.2 Å². The Hall–Kier alpha value is -1.42. The topological polar surface area (TPSA) is 40.5 Å². The number of aliphatic hydroxyl groups is 1. The summed E-state index contributed by atoms with van der Waals surface area (Å²) in [6.07, 6.45) is 2.79. The first-order valence-electron chi connectivity index (χ1n) is 7.29. The van der Waals surface area contributed by atoms with E-state index in [0.717, 1.165) is 37.9 Å². The molecule has 1 N–H and O–H groups in total. The summed E-state index contributed by atoms with van der Waals surface area (Å²) in [5.74, 6) is -0.611. The number of amides is 1. The smallest absolute Gasteiger partial charge is 0.251 e. The van der Waals surface area contributed by atoms with Crippen LogP contribution in [0.5, 0.6) is 0 Å². The fourth-order valence-electron chi connectivity index (χ4n) is 2.65. The third-order valence-electron chi connectivity index (χ3n) is 3.93. The van der Waals surface area contributed by atoms with Crippen LogP contribution in [0.15, 0.2) is 24.3 Å². The Balaban J connectivity index is 1.91. The van der Waals surface area contributed by atoms with Gasteiger partial charge >= 0.3 is 0 Å². The van der Waals surface area contributed by atoms with Crippen molar-refractivity contribution in [2.24, 2.45) is 5.92 Å². The molecule has 4 heteroatoms. The van der Waals surface area contributed by atoms with Crippen LogP contribution < -0.4 is 0 Å². The van der Waals surface area contributed by atoms with Gasteiger partial charge in [0.2, 0.25) is 0 Å². The first kappa shape index (κ1) is 15.0. The van der Waals surface area contributed by atoms with Gasteiger partial charge in [-0.3, -0.25) is 4.79 Å². The van der Waals surface area contributed by atoms with Gasteiger partial charge in [-0.2, -0.15) is 0 Å². The van der Waals surface area contributed by atoms with E-state index in [1.165, 1.54) is 12.1 Å². The van der Waals surface area contributed by atoms with E-state index in [2.05, 4.69) is 0 Å². The second-order valence-electron chi connectivity index (χ2n) is 5.64. The quantitative estimate of drug-likeness (QED) is 0.919. The number of aliphatic hydroxyl groups excluding tert-OH is 1. The lowest BCUT2D eigenvalue weighted by Crippen LogP contribution is -2.44. The highest BCUT2D eigenvalue weighted by atomic mass is 19.1. The summed E-state index contributed by atoms with van der Waals surface area (Å²) in [7, 11) is 0. The summed E-state index contributed by atoms with van der Waals surface area (Å²) in [6, 6.07) is 6.20. The van der Waals surface area contributed by atoms with Gasteiger partial charge in [0.15, 0.2) is 0 Å². The largest absolute Gasteiger partial charge is 0.383 e. The predicted molar refractivity (Wildman–Crippen MR) is 75.7 cm³/mol. The fourth-order valence-corrected chi connectivity index (χ4v) is 2.65. The molecule has 0 radical (unpaired) electrons. The molecule has 0 bridgehead atoms. The maximum atomic E-state index is 12.8. The molecule has 1 fully saturated rings. The van der Waals surface area contributed by atoms with E-state index in [9.17, 15) is 14.3 Å². The molecule has 0 spiro atoms. The molecule has 1 aromatic rings. The van der Waals surface area contributed by atoms with Crippen molar-refractivity contribution in [1.82, 2.24) is 4.90 Å². The molecule has 0 saturated carbocycles. The van der Waals surface area contributed by atoms with Crippen LogP contribution in [0, 0.1) is 11.7 Å². The number of likely N-dealkylation sites (tertiary alicyclic amines) is 1. The van der Waals surface area contributed by atoms with Crippen molar-refractivity contribution in [3.05, 3.63) is 35.6 Å². The highest BCUT2D eigenvalue weighted by Gasteiger charge is 2.28. The third kappa shape index (κ3) is 3.79. The molecule has 2 rings (SSSR count). The van der Waals surface area contributed by atoms with E-state index in [4.69, 9.17) is 0 Å². The Morgan fingerprint density at radius 3 is 2.45 bits per heavy atom. The summed E-state index contributed by atoms with van der Waals surface area (Å²) < 4.78 is 12.8. The highest BCUT2D eigenvalue weighted by molar-refractivity contribution is 5.81. The van der Waals surface area contributed by atoms with Crippen LogP contribution in [0.3, 0.4) is 0 Å². The highest BCUT2D eigenvalue weighted by Crippen LogP contribution is 2.17. The number of halogens is 1. The molecule has 2 atom stereocenters. The lowest BCUT2D eigenvalue weighted by Gasteiger charge is -2.30. The zero-order chi connectivity index (χ0) is 14.5. The monoisotopic (exact) mass is 279 g/mol. The molecule has 0 aromatic heterocycles. The van der Waals surface area contributed by atoms with Crippen molar-refractivity contribution in [3.8, 4) is 0 Å². The van der Waals surface area contributed by atoms with Gasteiger partial charge < -0.3 is 10.0 Å². The summed E-state index contributed by atoms with van der Waals surface area (Å²) in [6.45, 7) is 3.36. The van der Waals surface area contributed by atoms with Gasteiger partial charge in [-0.15, -0.1) is 0 Å². The van der Waals surface area contributed by atoms with Crippen molar-refractivity contribution in [2.45, 2.75) is 38.7 Å². The molecule has 3 nitrogen and oxygen atoms in total. The number of hydrogen-bond donors (Lipinski definition) is 1. The number of hydrogen-bond acceptors (Lipinski definition) is 2. The van der Waals surface area contributed by atoms with Gasteiger partial charge in [0, 0.05) is 13.1 Å². The first-order chi connectivity index (χ1) is 9.58. The van der Waals surface area contributed by atoms with Crippen LogP contribution in [0.25, 0.3) is 0 Å². The van der Waals surface area contributed by atoms with Crippen molar-refractivity contribution in [3.63, 3.8) is 0 Å². The number of carbonyl (C=O) groups excluding carboxylic acids is 1. The molecular formula is C16H22FNO2. The molecule has 1 unspecified atom stereocenters. The van der Waals surface area contributed by atoms with Gasteiger partial charge in [-0.25, -0.2) is 4.39 Å². The van der Waals surface area contributed by atoms with Crippen molar-refractivity contribution >= 4 is 5.91 Å².